The van der Waals surface area contributed by atoms with Gasteiger partial charge in [0.25, 0.3) is 0 Å². The topological polar surface area (TPSA) is 34.0 Å². The van der Waals surface area contributed by atoms with Crippen molar-refractivity contribution in [3.63, 3.8) is 0 Å². The zero-order chi connectivity index (χ0) is 25.2. The van der Waals surface area contributed by atoms with Gasteiger partial charge in [-0.3, -0.25) is 9.88 Å². The molecule has 0 aliphatic carbocycles. The normalized spacial score (nSPS) is 14.0. The highest BCUT2D eigenvalue weighted by atomic mass is 15.1. The third-order valence-electron chi connectivity index (χ3n) is 7.66. The van der Waals surface area contributed by atoms with Crippen molar-refractivity contribution < 1.29 is 0 Å². The van der Waals surface area contributed by atoms with Crippen LogP contribution < -0.4 is 0 Å². The summed E-state index contributed by atoms with van der Waals surface area (Å²) in [6, 6.07) is 26.7. The number of likely N-dealkylation sites (tertiary alicyclic amines) is 1. The first-order chi connectivity index (χ1) is 18.1. The van der Waals surface area contributed by atoms with Crippen molar-refractivity contribution >= 4 is 11.0 Å². The zero-order valence-electron chi connectivity index (χ0n) is 21.8. The summed E-state index contributed by atoms with van der Waals surface area (Å²) in [6.07, 6.45) is 7.16. The maximum Gasteiger partial charge on any atom is 0.114 e. The summed E-state index contributed by atoms with van der Waals surface area (Å²) in [5.74, 6) is 1.08. The van der Waals surface area contributed by atoms with Gasteiger partial charge >= 0.3 is 0 Å². The van der Waals surface area contributed by atoms with Crippen molar-refractivity contribution in [2.24, 2.45) is 0 Å². The highest BCUT2D eigenvalue weighted by Crippen LogP contribution is 2.28. The number of nitrogens with zero attached hydrogens (tertiary/aromatic N) is 4. The van der Waals surface area contributed by atoms with Crippen LogP contribution in [-0.2, 0) is 19.5 Å². The van der Waals surface area contributed by atoms with Crippen LogP contribution in [0.1, 0.15) is 46.5 Å². The summed E-state index contributed by atoms with van der Waals surface area (Å²) in [4.78, 5) is 11.8. The maximum absolute atomic E-state index is 5.10. The second kappa shape index (κ2) is 10.3. The lowest BCUT2D eigenvalue weighted by molar-refractivity contribution is 0.331. The molecule has 186 valence electrons. The molecule has 0 amide bonds. The molecule has 0 unspecified atom stereocenters. The smallest absolute Gasteiger partial charge is 0.114 e. The van der Waals surface area contributed by atoms with Crippen LogP contribution in [0.25, 0.3) is 22.2 Å². The molecule has 1 fully saturated rings. The van der Waals surface area contributed by atoms with Crippen molar-refractivity contribution in [3.8, 4) is 11.1 Å². The van der Waals surface area contributed by atoms with Gasteiger partial charge in [0.15, 0.2) is 0 Å². The van der Waals surface area contributed by atoms with E-state index in [1.165, 1.54) is 70.4 Å². The molecule has 1 saturated heterocycles. The molecular weight excluding hydrogens is 452 g/mol. The molecule has 1 aliphatic heterocycles. The van der Waals surface area contributed by atoms with Gasteiger partial charge in [-0.05, 0) is 97.4 Å². The lowest BCUT2D eigenvalue weighted by Crippen LogP contribution is -2.18. The third kappa shape index (κ3) is 5.21. The number of fused-ring (bicyclic) bond motifs is 1. The molecule has 4 heteroatoms. The Morgan fingerprint density at radius 3 is 2.27 bits per heavy atom. The number of pyridine rings is 1. The molecule has 0 saturated carbocycles. The molecule has 0 radical (unpaired) electrons. The average molecular weight is 487 g/mol. The standard InChI is InChI=1S/C33H34N4/c1-24-5-6-25(2)30(19-24)23-37-32-21-29(28-9-7-27(8-10-28)22-36-17-3-4-18-36)11-12-31(32)35-33(37)20-26-13-15-34-16-14-26/h5-16,19,21H,3-4,17-18,20,22-23H2,1-2H3. The van der Waals surface area contributed by atoms with Crippen LogP contribution in [-0.4, -0.2) is 32.5 Å². The molecule has 4 nitrogen and oxygen atoms in total. The lowest BCUT2D eigenvalue weighted by Gasteiger charge is -2.15. The molecule has 5 aromatic rings. The van der Waals surface area contributed by atoms with Crippen LogP contribution in [0.4, 0.5) is 0 Å². The molecule has 0 bridgehead atoms. The number of hydrogen-bond acceptors (Lipinski definition) is 3. The Balaban J connectivity index is 1.37. The average Bonchev–Trinajstić information content (AvgIpc) is 3.55. The summed E-state index contributed by atoms with van der Waals surface area (Å²) in [5.41, 5.74) is 11.3. The lowest BCUT2D eigenvalue weighted by atomic mass is 10.0. The van der Waals surface area contributed by atoms with E-state index >= 15 is 0 Å². The van der Waals surface area contributed by atoms with Crippen molar-refractivity contribution in [1.82, 2.24) is 19.4 Å². The first kappa shape index (κ1) is 23.6. The first-order valence-corrected chi connectivity index (χ1v) is 13.4. The van der Waals surface area contributed by atoms with E-state index in [-0.39, 0.29) is 0 Å². The van der Waals surface area contributed by atoms with E-state index in [1.807, 2.05) is 12.4 Å². The quantitative estimate of drug-likeness (QED) is 0.250. The summed E-state index contributed by atoms with van der Waals surface area (Å²) >= 11 is 0. The number of imidazole rings is 1. The fourth-order valence-corrected chi connectivity index (χ4v) is 5.49. The zero-order valence-corrected chi connectivity index (χ0v) is 21.8. The van der Waals surface area contributed by atoms with Gasteiger partial charge in [0.2, 0.25) is 0 Å². The van der Waals surface area contributed by atoms with Crippen LogP contribution in [0.2, 0.25) is 0 Å². The van der Waals surface area contributed by atoms with E-state index in [2.05, 4.69) is 101 Å². The molecule has 1 aliphatic rings. The van der Waals surface area contributed by atoms with Crippen LogP contribution >= 0.6 is 0 Å². The third-order valence-corrected chi connectivity index (χ3v) is 7.66. The minimum absolute atomic E-state index is 0.780. The van der Waals surface area contributed by atoms with Gasteiger partial charge in [0.1, 0.15) is 5.82 Å². The minimum Gasteiger partial charge on any atom is -0.323 e. The monoisotopic (exact) mass is 486 g/mol. The van der Waals surface area contributed by atoms with Crippen molar-refractivity contribution in [1.29, 1.82) is 0 Å². The van der Waals surface area contributed by atoms with Crippen molar-refractivity contribution in [2.75, 3.05) is 13.1 Å². The fraction of sp³-hybridized carbons (Fsp3) is 0.273. The molecular formula is C33H34N4. The van der Waals surface area contributed by atoms with Gasteiger partial charge in [-0.15, -0.1) is 0 Å². The predicted octanol–water partition coefficient (Wildman–Crippen LogP) is 6.95. The number of aromatic nitrogens is 3. The van der Waals surface area contributed by atoms with E-state index < -0.39 is 0 Å². The Morgan fingerprint density at radius 1 is 0.730 bits per heavy atom. The highest BCUT2D eigenvalue weighted by Gasteiger charge is 2.15. The molecule has 6 rings (SSSR count). The van der Waals surface area contributed by atoms with Gasteiger partial charge < -0.3 is 4.57 Å². The van der Waals surface area contributed by atoms with Crippen molar-refractivity contribution in [2.45, 2.75) is 46.2 Å². The maximum atomic E-state index is 5.10. The van der Waals surface area contributed by atoms with Crippen molar-refractivity contribution in [3.05, 3.63) is 119 Å². The molecule has 0 N–H and O–H groups in total. The Hall–Kier alpha value is -3.76. The van der Waals surface area contributed by atoms with Crippen LogP contribution in [0.15, 0.2) is 85.2 Å². The van der Waals surface area contributed by atoms with Gasteiger partial charge in [-0.1, -0.05) is 54.1 Å². The number of rotatable bonds is 7. The summed E-state index contributed by atoms with van der Waals surface area (Å²) in [6.45, 7) is 8.68. The molecule has 37 heavy (non-hydrogen) atoms. The summed E-state index contributed by atoms with van der Waals surface area (Å²) < 4.78 is 2.41. The number of aryl methyl sites for hydroxylation is 2. The second-order valence-electron chi connectivity index (χ2n) is 10.5. The van der Waals surface area contributed by atoms with Gasteiger partial charge in [0.05, 0.1) is 11.0 Å². The Kier molecular flexibility index (Phi) is 6.58. The van der Waals surface area contributed by atoms with E-state index in [0.717, 1.165) is 30.9 Å². The van der Waals surface area contributed by atoms with Crippen LogP contribution in [0, 0.1) is 13.8 Å². The highest BCUT2D eigenvalue weighted by molar-refractivity contribution is 5.83. The Labute approximate surface area is 219 Å². The SMILES string of the molecule is Cc1ccc(C)c(Cn2c(Cc3ccncc3)nc3ccc(-c4ccc(CN5CCCC5)cc4)cc32)c1. The molecule has 2 aromatic heterocycles. The number of hydrogen-bond donors (Lipinski definition) is 0. The molecule has 3 aromatic carbocycles. The Bertz CT molecular complexity index is 1510. The van der Waals surface area contributed by atoms with Gasteiger partial charge in [-0.25, -0.2) is 4.98 Å². The first-order valence-electron chi connectivity index (χ1n) is 13.4. The molecule has 3 heterocycles. The minimum atomic E-state index is 0.780. The predicted molar refractivity (Wildman–Crippen MR) is 152 cm³/mol. The van der Waals surface area contributed by atoms with E-state index in [0.29, 0.717) is 0 Å². The summed E-state index contributed by atoms with van der Waals surface area (Å²) in [7, 11) is 0. The van der Waals surface area contributed by atoms with E-state index in [1.54, 1.807) is 0 Å². The van der Waals surface area contributed by atoms with E-state index in [9.17, 15) is 0 Å². The Morgan fingerprint density at radius 2 is 1.49 bits per heavy atom. The van der Waals surface area contributed by atoms with E-state index in [4.69, 9.17) is 4.98 Å². The number of benzene rings is 3. The van der Waals surface area contributed by atoms with Crippen LogP contribution in [0.5, 0.6) is 0 Å². The fourth-order valence-electron chi connectivity index (χ4n) is 5.49. The largest absolute Gasteiger partial charge is 0.323 e. The summed E-state index contributed by atoms with van der Waals surface area (Å²) in [5, 5.41) is 0. The second-order valence-corrected chi connectivity index (χ2v) is 10.5. The van der Waals surface area contributed by atoms with Gasteiger partial charge in [-0.2, -0.15) is 0 Å². The van der Waals surface area contributed by atoms with Gasteiger partial charge in [0, 0.05) is 31.9 Å². The molecule has 0 atom stereocenters. The molecule has 0 spiro atoms. The van der Waals surface area contributed by atoms with Crippen LogP contribution in [0.3, 0.4) is 0 Å².